The fourth-order valence-electron chi connectivity index (χ4n) is 2.77. The number of halogens is 1. The standard InChI is InChI=1S/C15H18ClN3/c1-11(12-4-2-5-13(16)8-12)19-10-17-9-15(19)14-6-3-7-18-14/h2,4-5,8-11,14,18H,3,6-7H2,1H3. The van der Waals surface area contributed by atoms with Gasteiger partial charge in [0.2, 0.25) is 0 Å². The van der Waals surface area contributed by atoms with E-state index in [1.54, 1.807) is 0 Å². The molecule has 0 aliphatic carbocycles. The molecule has 1 fully saturated rings. The minimum Gasteiger partial charge on any atom is -0.326 e. The number of nitrogens with one attached hydrogen (secondary N) is 1. The summed E-state index contributed by atoms with van der Waals surface area (Å²) < 4.78 is 2.24. The largest absolute Gasteiger partial charge is 0.326 e. The minimum atomic E-state index is 0.249. The highest BCUT2D eigenvalue weighted by Crippen LogP contribution is 2.28. The van der Waals surface area contributed by atoms with E-state index in [0.29, 0.717) is 6.04 Å². The van der Waals surface area contributed by atoms with E-state index in [9.17, 15) is 0 Å². The highest BCUT2D eigenvalue weighted by molar-refractivity contribution is 6.30. The van der Waals surface area contributed by atoms with Crippen LogP contribution in [0.3, 0.4) is 0 Å². The van der Waals surface area contributed by atoms with Gasteiger partial charge < -0.3 is 9.88 Å². The topological polar surface area (TPSA) is 29.9 Å². The van der Waals surface area contributed by atoms with Crippen LogP contribution in [-0.2, 0) is 0 Å². The predicted molar refractivity (Wildman–Crippen MR) is 77.5 cm³/mol. The zero-order chi connectivity index (χ0) is 13.2. The second-order valence-corrected chi connectivity index (χ2v) is 5.54. The molecule has 1 aliphatic heterocycles. The first kappa shape index (κ1) is 12.7. The van der Waals surface area contributed by atoms with E-state index in [0.717, 1.165) is 11.6 Å². The molecule has 2 atom stereocenters. The second-order valence-electron chi connectivity index (χ2n) is 5.11. The van der Waals surface area contributed by atoms with E-state index in [-0.39, 0.29) is 6.04 Å². The number of rotatable bonds is 3. The molecule has 1 aromatic heterocycles. The molecule has 0 radical (unpaired) electrons. The fourth-order valence-corrected chi connectivity index (χ4v) is 2.97. The number of imidazole rings is 1. The van der Waals surface area contributed by atoms with Crippen molar-refractivity contribution < 1.29 is 0 Å². The molecule has 100 valence electrons. The maximum atomic E-state index is 6.08. The van der Waals surface area contributed by atoms with Crippen LogP contribution >= 0.6 is 11.6 Å². The summed E-state index contributed by atoms with van der Waals surface area (Å²) in [5.74, 6) is 0. The molecule has 0 bridgehead atoms. The van der Waals surface area contributed by atoms with Crippen LogP contribution in [0.5, 0.6) is 0 Å². The average Bonchev–Trinajstić information content (AvgIpc) is 3.08. The molecule has 2 aromatic rings. The Morgan fingerprint density at radius 2 is 2.37 bits per heavy atom. The van der Waals surface area contributed by atoms with Crippen molar-refractivity contribution >= 4 is 11.6 Å². The average molecular weight is 276 g/mol. The van der Waals surface area contributed by atoms with Crippen LogP contribution in [0.25, 0.3) is 0 Å². The van der Waals surface area contributed by atoms with Crippen molar-refractivity contribution in [3.63, 3.8) is 0 Å². The molecule has 1 N–H and O–H groups in total. The van der Waals surface area contributed by atoms with Gasteiger partial charge in [-0.05, 0) is 44.0 Å². The van der Waals surface area contributed by atoms with Gasteiger partial charge >= 0.3 is 0 Å². The summed E-state index contributed by atoms with van der Waals surface area (Å²) in [5, 5.41) is 4.31. The van der Waals surface area contributed by atoms with Crippen molar-refractivity contribution in [3.05, 3.63) is 53.1 Å². The molecule has 3 nitrogen and oxygen atoms in total. The van der Waals surface area contributed by atoms with Crippen LogP contribution in [0.2, 0.25) is 5.02 Å². The van der Waals surface area contributed by atoms with Crippen LogP contribution in [0, 0.1) is 0 Å². The summed E-state index contributed by atoms with van der Waals surface area (Å²) in [7, 11) is 0. The summed E-state index contributed by atoms with van der Waals surface area (Å²) >= 11 is 6.08. The van der Waals surface area contributed by atoms with E-state index in [1.807, 2.05) is 30.7 Å². The van der Waals surface area contributed by atoms with Gasteiger partial charge in [0.25, 0.3) is 0 Å². The third-order valence-corrected chi connectivity index (χ3v) is 4.10. The first-order valence-electron chi connectivity index (χ1n) is 6.76. The maximum Gasteiger partial charge on any atom is 0.0954 e. The maximum absolute atomic E-state index is 6.08. The number of hydrogen-bond donors (Lipinski definition) is 1. The van der Waals surface area contributed by atoms with Crippen molar-refractivity contribution in [2.24, 2.45) is 0 Å². The van der Waals surface area contributed by atoms with Gasteiger partial charge in [-0.3, -0.25) is 0 Å². The number of nitrogens with zero attached hydrogens (tertiary/aromatic N) is 2. The van der Waals surface area contributed by atoms with Gasteiger partial charge in [0.05, 0.1) is 18.1 Å². The molecule has 0 saturated carbocycles. The first-order chi connectivity index (χ1) is 9.25. The van der Waals surface area contributed by atoms with Crippen LogP contribution in [0.4, 0.5) is 0 Å². The van der Waals surface area contributed by atoms with E-state index in [4.69, 9.17) is 11.6 Å². The molecule has 0 amide bonds. The molecular formula is C15H18ClN3. The minimum absolute atomic E-state index is 0.249. The summed E-state index contributed by atoms with van der Waals surface area (Å²) in [6.45, 7) is 3.28. The molecule has 3 rings (SSSR count). The van der Waals surface area contributed by atoms with E-state index < -0.39 is 0 Å². The van der Waals surface area contributed by atoms with Crippen LogP contribution < -0.4 is 5.32 Å². The van der Waals surface area contributed by atoms with Gasteiger partial charge in [0.1, 0.15) is 0 Å². The van der Waals surface area contributed by atoms with Gasteiger partial charge in [-0.1, -0.05) is 23.7 Å². The Bertz CT molecular complexity index is 558. The van der Waals surface area contributed by atoms with E-state index in [1.165, 1.54) is 24.1 Å². The molecule has 2 unspecified atom stereocenters. The zero-order valence-corrected chi connectivity index (χ0v) is 11.8. The fraction of sp³-hybridized carbons (Fsp3) is 0.400. The predicted octanol–water partition coefficient (Wildman–Crippen LogP) is 3.57. The lowest BCUT2D eigenvalue weighted by atomic mass is 10.1. The highest BCUT2D eigenvalue weighted by Gasteiger charge is 2.22. The van der Waals surface area contributed by atoms with Crippen LogP contribution in [-0.4, -0.2) is 16.1 Å². The van der Waals surface area contributed by atoms with Gasteiger partial charge in [-0.25, -0.2) is 4.98 Å². The normalized spacial score (nSPS) is 20.6. The number of hydrogen-bond acceptors (Lipinski definition) is 2. The molecule has 2 heterocycles. The van der Waals surface area contributed by atoms with Gasteiger partial charge in [-0.2, -0.15) is 0 Å². The monoisotopic (exact) mass is 275 g/mol. The summed E-state index contributed by atoms with van der Waals surface area (Å²) in [5.41, 5.74) is 2.48. The second kappa shape index (κ2) is 5.35. The smallest absolute Gasteiger partial charge is 0.0954 e. The van der Waals surface area contributed by atoms with Crippen molar-refractivity contribution in [2.75, 3.05) is 6.54 Å². The van der Waals surface area contributed by atoms with E-state index >= 15 is 0 Å². The molecule has 1 aromatic carbocycles. The molecule has 0 spiro atoms. The third-order valence-electron chi connectivity index (χ3n) is 3.86. The molecule has 1 saturated heterocycles. The van der Waals surface area contributed by atoms with Crippen LogP contribution in [0.15, 0.2) is 36.8 Å². The summed E-state index contributed by atoms with van der Waals surface area (Å²) in [6, 6.07) is 8.73. The Morgan fingerprint density at radius 1 is 1.47 bits per heavy atom. The Kier molecular flexibility index (Phi) is 3.58. The van der Waals surface area contributed by atoms with Crippen LogP contribution in [0.1, 0.15) is 43.1 Å². The number of aromatic nitrogens is 2. The number of benzene rings is 1. The molecule has 19 heavy (non-hydrogen) atoms. The van der Waals surface area contributed by atoms with Crippen molar-refractivity contribution in [1.29, 1.82) is 0 Å². The molecule has 4 heteroatoms. The summed E-state index contributed by atoms with van der Waals surface area (Å²) in [6.07, 6.45) is 6.32. The van der Waals surface area contributed by atoms with Crippen molar-refractivity contribution in [2.45, 2.75) is 31.8 Å². The lowest BCUT2D eigenvalue weighted by Gasteiger charge is -2.20. The lowest BCUT2D eigenvalue weighted by molar-refractivity contribution is 0.538. The van der Waals surface area contributed by atoms with Gasteiger partial charge in [0, 0.05) is 17.3 Å². The SMILES string of the molecule is CC(c1cccc(Cl)c1)n1cncc1C1CCCN1. The van der Waals surface area contributed by atoms with E-state index in [2.05, 4.69) is 27.9 Å². The third kappa shape index (κ3) is 2.53. The Balaban J connectivity index is 1.91. The first-order valence-corrected chi connectivity index (χ1v) is 7.14. The lowest BCUT2D eigenvalue weighted by Crippen LogP contribution is -2.18. The quantitative estimate of drug-likeness (QED) is 0.928. The zero-order valence-electron chi connectivity index (χ0n) is 11.0. The Hall–Kier alpha value is -1.32. The molecular weight excluding hydrogens is 258 g/mol. The highest BCUT2D eigenvalue weighted by atomic mass is 35.5. The summed E-state index contributed by atoms with van der Waals surface area (Å²) in [4.78, 5) is 4.33. The Morgan fingerprint density at radius 3 is 3.11 bits per heavy atom. The van der Waals surface area contributed by atoms with Crippen molar-refractivity contribution in [1.82, 2.24) is 14.9 Å². The Labute approximate surface area is 118 Å². The van der Waals surface area contributed by atoms with Crippen molar-refractivity contribution in [3.8, 4) is 0 Å². The van der Waals surface area contributed by atoms with Gasteiger partial charge in [-0.15, -0.1) is 0 Å². The van der Waals surface area contributed by atoms with Gasteiger partial charge in [0.15, 0.2) is 0 Å². The molecule has 1 aliphatic rings.